The van der Waals surface area contributed by atoms with E-state index in [-0.39, 0.29) is 24.8 Å². The summed E-state index contributed by atoms with van der Waals surface area (Å²) in [5, 5.41) is 0. The fourth-order valence-electron chi connectivity index (χ4n) is 3.75. The molecule has 2 aliphatic rings. The second-order valence-electron chi connectivity index (χ2n) is 7.18. The molecular formula is C18H23Cl2N7. The first kappa shape index (κ1) is 19.7. The number of nitrogen functional groups attached to an aromatic ring is 1. The lowest BCUT2D eigenvalue weighted by Gasteiger charge is -2.39. The highest BCUT2D eigenvalue weighted by Gasteiger charge is 2.33. The lowest BCUT2D eigenvalue weighted by atomic mass is 9.78. The molecule has 27 heavy (non-hydrogen) atoms. The normalized spacial score (nSPS) is 21.7. The van der Waals surface area contributed by atoms with E-state index in [1.165, 1.54) is 0 Å². The van der Waals surface area contributed by atoms with Gasteiger partial charge in [0.05, 0.1) is 22.6 Å². The summed E-state index contributed by atoms with van der Waals surface area (Å²) in [5.74, 6) is 3.12. The van der Waals surface area contributed by atoms with Gasteiger partial charge in [0.15, 0.2) is 0 Å². The van der Waals surface area contributed by atoms with Gasteiger partial charge in [-0.3, -0.25) is 0 Å². The Bertz CT molecular complexity index is 899. The van der Waals surface area contributed by atoms with Crippen LogP contribution in [0.5, 0.6) is 0 Å². The first-order valence-corrected chi connectivity index (χ1v) is 8.75. The van der Waals surface area contributed by atoms with Gasteiger partial charge in [-0.1, -0.05) is 12.1 Å². The van der Waals surface area contributed by atoms with E-state index >= 15 is 0 Å². The molecule has 0 spiro atoms. The zero-order chi connectivity index (χ0) is 17.0. The van der Waals surface area contributed by atoms with Crippen LogP contribution < -0.4 is 16.4 Å². The second-order valence-corrected chi connectivity index (χ2v) is 7.18. The fraction of sp³-hybridized carbons (Fsp3) is 0.389. The molecule has 0 radical (unpaired) electrons. The Hall–Kier alpha value is -2.09. The molecule has 3 heterocycles. The minimum Gasteiger partial charge on any atom is -0.368 e. The maximum absolute atomic E-state index is 5.93. The van der Waals surface area contributed by atoms with E-state index in [9.17, 15) is 0 Å². The first-order valence-electron chi connectivity index (χ1n) is 8.75. The monoisotopic (exact) mass is 407 g/mol. The number of nitrogens with two attached hydrogens (primary N) is 2. The summed E-state index contributed by atoms with van der Waals surface area (Å²) < 4.78 is 0. The number of nitrogens with zero attached hydrogens (tertiary/aromatic N) is 4. The lowest BCUT2D eigenvalue weighted by Crippen LogP contribution is -2.46. The number of aromatic amines is 1. The Kier molecular flexibility index (Phi) is 5.46. The predicted molar refractivity (Wildman–Crippen MR) is 112 cm³/mol. The van der Waals surface area contributed by atoms with Crippen molar-refractivity contribution in [1.29, 1.82) is 0 Å². The van der Waals surface area contributed by atoms with Crippen LogP contribution in [0.4, 0.5) is 11.8 Å². The quantitative estimate of drug-likeness (QED) is 0.615. The van der Waals surface area contributed by atoms with Crippen LogP contribution in [0.25, 0.3) is 11.0 Å². The van der Waals surface area contributed by atoms with Gasteiger partial charge in [0.25, 0.3) is 0 Å². The van der Waals surface area contributed by atoms with Crippen molar-refractivity contribution in [1.82, 2.24) is 19.9 Å². The Balaban J connectivity index is 0.00000105. The number of fused-ring (bicyclic) bond motifs is 1. The zero-order valence-electron chi connectivity index (χ0n) is 14.7. The lowest BCUT2D eigenvalue weighted by molar-refractivity contribution is 0.345. The average Bonchev–Trinajstić information content (AvgIpc) is 2.93. The van der Waals surface area contributed by atoms with Gasteiger partial charge in [-0.15, -0.1) is 24.8 Å². The van der Waals surface area contributed by atoms with Crippen LogP contribution in [0.3, 0.4) is 0 Å². The molecule has 2 fully saturated rings. The third-order valence-corrected chi connectivity index (χ3v) is 5.34. The molecule has 7 nitrogen and oxygen atoms in total. The van der Waals surface area contributed by atoms with Crippen LogP contribution in [-0.4, -0.2) is 39.1 Å². The predicted octanol–water partition coefficient (Wildman–Crippen LogP) is 2.59. The van der Waals surface area contributed by atoms with Gasteiger partial charge >= 0.3 is 0 Å². The number of H-pyrrole nitrogens is 1. The van der Waals surface area contributed by atoms with Crippen molar-refractivity contribution < 1.29 is 0 Å². The molecule has 1 saturated carbocycles. The molecule has 2 aromatic heterocycles. The van der Waals surface area contributed by atoms with Gasteiger partial charge in [-0.05, 0) is 25.0 Å². The van der Waals surface area contributed by atoms with Gasteiger partial charge < -0.3 is 21.4 Å². The number of benzene rings is 1. The van der Waals surface area contributed by atoms with Crippen LogP contribution in [0.15, 0.2) is 30.3 Å². The molecule has 0 bridgehead atoms. The van der Waals surface area contributed by atoms with Crippen molar-refractivity contribution in [3.05, 3.63) is 41.9 Å². The second kappa shape index (κ2) is 7.50. The highest BCUT2D eigenvalue weighted by molar-refractivity contribution is 5.85. The largest absolute Gasteiger partial charge is 0.368 e. The molecule has 5 N–H and O–H groups in total. The van der Waals surface area contributed by atoms with E-state index in [0.29, 0.717) is 23.8 Å². The van der Waals surface area contributed by atoms with E-state index in [4.69, 9.17) is 16.5 Å². The minimum absolute atomic E-state index is 0. The Morgan fingerprint density at radius 1 is 1.00 bits per heavy atom. The standard InChI is InChI=1S/C18H21N7.2ClH/c19-12-5-10(6-12)15-7-16(24-18(20)23-15)25-8-11(9-25)17-21-13-3-1-2-4-14(13)22-17;;/h1-4,7,10-12H,5-6,8-9,19H2,(H,21,22)(H2,20,23,24);2*1H. The molecule has 3 aromatic rings. The molecule has 1 aliphatic heterocycles. The molecule has 0 unspecified atom stereocenters. The molecular weight excluding hydrogens is 385 g/mol. The van der Waals surface area contributed by atoms with Crippen molar-refractivity contribution in [3.8, 4) is 0 Å². The molecule has 1 aromatic carbocycles. The number of imidazole rings is 1. The Morgan fingerprint density at radius 2 is 1.74 bits per heavy atom. The maximum Gasteiger partial charge on any atom is 0.222 e. The number of nitrogens with one attached hydrogen (secondary N) is 1. The summed E-state index contributed by atoms with van der Waals surface area (Å²) in [6.45, 7) is 1.78. The number of halogens is 2. The number of hydrogen-bond acceptors (Lipinski definition) is 6. The van der Waals surface area contributed by atoms with Crippen LogP contribution in [-0.2, 0) is 0 Å². The van der Waals surface area contributed by atoms with Crippen LogP contribution in [0, 0.1) is 0 Å². The first-order chi connectivity index (χ1) is 12.2. The minimum atomic E-state index is 0. The van der Waals surface area contributed by atoms with Crippen molar-refractivity contribution in [2.24, 2.45) is 5.73 Å². The summed E-state index contributed by atoms with van der Waals surface area (Å²) >= 11 is 0. The van der Waals surface area contributed by atoms with E-state index in [2.05, 4.69) is 32.0 Å². The van der Waals surface area contributed by atoms with E-state index in [1.54, 1.807) is 0 Å². The molecule has 0 atom stereocenters. The van der Waals surface area contributed by atoms with Crippen LogP contribution in [0.1, 0.15) is 36.2 Å². The fourth-order valence-corrected chi connectivity index (χ4v) is 3.75. The van der Waals surface area contributed by atoms with Gasteiger partial charge in [-0.25, -0.2) is 9.97 Å². The molecule has 5 rings (SSSR count). The third kappa shape index (κ3) is 3.54. The molecule has 144 valence electrons. The summed E-state index contributed by atoms with van der Waals surface area (Å²) in [4.78, 5) is 19.2. The van der Waals surface area contributed by atoms with E-state index in [0.717, 1.165) is 54.3 Å². The smallest absolute Gasteiger partial charge is 0.222 e. The van der Waals surface area contributed by atoms with Crippen LogP contribution >= 0.6 is 24.8 Å². The number of aromatic nitrogens is 4. The van der Waals surface area contributed by atoms with Crippen molar-refractivity contribution in [2.45, 2.75) is 30.7 Å². The zero-order valence-corrected chi connectivity index (χ0v) is 16.3. The van der Waals surface area contributed by atoms with Crippen molar-refractivity contribution in [3.63, 3.8) is 0 Å². The average molecular weight is 408 g/mol. The van der Waals surface area contributed by atoms with Crippen molar-refractivity contribution >= 4 is 47.6 Å². The number of rotatable bonds is 3. The van der Waals surface area contributed by atoms with Gasteiger partial charge in [-0.2, -0.15) is 4.98 Å². The maximum atomic E-state index is 5.93. The number of para-hydroxylation sites is 2. The highest BCUT2D eigenvalue weighted by atomic mass is 35.5. The summed E-state index contributed by atoms with van der Waals surface area (Å²) in [5.41, 5.74) is 15.0. The van der Waals surface area contributed by atoms with E-state index < -0.39 is 0 Å². The molecule has 9 heteroatoms. The highest BCUT2D eigenvalue weighted by Crippen LogP contribution is 2.37. The Labute approximate surface area is 169 Å². The summed E-state index contributed by atoms with van der Waals surface area (Å²) in [7, 11) is 0. The van der Waals surface area contributed by atoms with Gasteiger partial charge in [0, 0.05) is 31.1 Å². The molecule has 1 saturated heterocycles. The molecule has 0 amide bonds. The third-order valence-electron chi connectivity index (χ3n) is 5.34. The van der Waals surface area contributed by atoms with Gasteiger partial charge in [0.1, 0.15) is 11.6 Å². The van der Waals surface area contributed by atoms with Gasteiger partial charge in [0.2, 0.25) is 5.95 Å². The van der Waals surface area contributed by atoms with E-state index in [1.807, 2.05) is 18.2 Å². The molecule has 1 aliphatic carbocycles. The summed E-state index contributed by atoms with van der Waals surface area (Å²) in [6, 6.07) is 10.5. The van der Waals surface area contributed by atoms with Crippen LogP contribution in [0.2, 0.25) is 0 Å². The number of anilines is 2. The van der Waals surface area contributed by atoms with Crippen molar-refractivity contribution in [2.75, 3.05) is 23.7 Å². The SMILES string of the molecule is Cl.Cl.Nc1nc(C2CC(N)C2)cc(N2CC(c3nc4ccccc4[nH]3)C2)n1. The topological polar surface area (TPSA) is 110 Å². The summed E-state index contributed by atoms with van der Waals surface area (Å²) in [6.07, 6.45) is 1.97. The number of hydrogen-bond donors (Lipinski definition) is 3. The Morgan fingerprint density at radius 3 is 2.44 bits per heavy atom.